The highest BCUT2D eigenvalue weighted by Crippen LogP contribution is 2.42. The molecule has 0 aromatic heterocycles. The van der Waals surface area contributed by atoms with Crippen LogP contribution in [0.2, 0.25) is 10.0 Å². The molecule has 0 N–H and O–H groups in total. The van der Waals surface area contributed by atoms with Crippen LogP contribution in [0.5, 0.6) is 11.5 Å². The lowest BCUT2D eigenvalue weighted by atomic mass is 9.84. The fourth-order valence-corrected chi connectivity index (χ4v) is 3.39. The van der Waals surface area contributed by atoms with Gasteiger partial charge in [0.05, 0.1) is 14.2 Å². The van der Waals surface area contributed by atoms with Crippen LogP contribution in [0.1, 0.15) is 22.6 Å². The molecule has 128 valence electrons. The molecular formula is C21H18Cl2O2. The summed E-state index contributed by atoms with van der Waals surface area (Å²) in [4.78, 5) is 0. The summed E-state index contributed by atoms with van der Waals surface area (Å²) in [5, 5.41) is 1.30. The van der Waals surface area contributed by atoms with Gasteiger partial charge in [0, 0.05) is 27.1 Å². The Bertz CT molecular complexity index is 810. The average molecular weight is 373 g/mol. The van der Waals surface area contributed by atoms with Gasteiger partial charge in [0.2, 0.25) is 0 Å². The van der Waals surface area contributed by atoms with Crippen molar-refractivity contribution >= 4 is 23.2 Å². The molecule has 4 heteroatoms. The van der Waals surface area contributed by atoms with Gasteiger partial charge in [-0.15, -0.1) is 0 Å². The predicted octanol–water partition coefficient (Wildman–Crippen LogP) is 6.19. The van der Waals surface area contributed by atoms with E-state index in [-0.39, 0.29) is 5.92 Å². The topological polar surface area (TPSA) is 18.5 Å². The van der Waals surface area contributed by atoms with Gasteiger partial charge in [-0.2, -0.15) is 0 Å². The van der Waals surface area contributed by atoms with Crippen LogP contribution in [-0.2, 0) is 0 Å². The average Bonchev–Trinajstić information content (AvgIpc) is 2.63. The molecule has 0 heterocycles. The Hall–Kier alpha value is -2.16. The Morgan fingerprint density at radius 1 is 0.680 bits per heavy atom. The number of benzene rings is 3. The summed E-state index contributed by atoms with van der Waals surface area (Å²) in [6.07, 6.45) is 0. The minimum absolute atomic E-state index is 0.122. The first kappa shape index (κ1) is 17.7. The highest BCUT2D eigenvalue weighted by molar-refractivity contribution is 6.31. The Balaban J connectivity index is 2.29. The molecule has 3 aromatic carbocycles. The number of halogens is 2. The highest BCUT2D eigenvalue weighted by Gasteiger charge is 2.24. The van der Waals surface area contributed by atoms with E-state index >= 15 is 0 Å². The number of ether oxygens (including phenoxy) is 2. The number of hydrogen-bond acceptors (Lipinski definition) is 2. The van der Waals surface area contributed by atoms with Gasteiger partial charge in [-0.1, -0.05) is 53.5 Å². The lowest BCUT2D eigenvalue weighted by molar-refractivity contribution is 0.402. The van der Waals surface area contributed by atoms with Gasteiger partial charge in [-0.05, 0) is 42.0 Å². The Kier molecular flexibility index (Phi) is 5.52. The van der Waals surface area contributed by atoms with Crippen LogP contribution >= 0.6 is 23.2 Å². The third-order valence-electron chi connectivity index (χ3n) is 4.14. The van der Waals surface area contributed by atoms with Gasteiger partial charge in [0.25, 0.3) is 0 Å². The van der Waals surface area contributed by atoms with Crippen molar-refractivity contribution in [2.75, 3.05) is 14.2 Å². The third-order valence-corrected chi connectivity index (χ3v) is 4.61. The molecule has 2 nitrogen and oxygen atoms in total. The molecular weight excluding hydrogens is 355 g/mol. The highest BCUT2D eigenvalue weighted by atomic mass is 35.5. The third kappa shape index (κ3) is 3.76. The summed E-state index contributed by atoms with van der Waals surface area (Å²) < 4.78 is 11.2. The number of methoxy groups -OCH3 is 2. The van der Waals surface area contributed by atoms with Crippen LogP contribution in [0, 0.1) is 0 Å². The van der Waals surface area contributed by atoms with Gasteiger partial charge < -0.3 is 9.47 Å². The summed E-state index contributed by atoms with van der Waals surface area (Å²) in [7, 11) is 3.31. The minimum atomic E-state index is -0.122. The van der Waals surface area contributed by atoms with Crippen molar-refractivity contribution in [2.45, 2.75) is 5.92 Å². The Labute approximate surface area is 157 Å². The fourth-order valence-electron chi connectivity index (χ4n) is 3.03. The molecule has 0 unspecified atom stereocenters. The molecule has 0 spiro atoms. The minimum Gasteiger partial charge on any atom is -0.496 e. The van der Waals surface area contributed by atoms with E-state index in [0.29, 0.717) is 10.0 Å². The largest absolute Gasteiger partial charge is 0.496 e. The first-order valence-electron chi connectivity index (χ1n) is 7.86. The van der Waals surface area contributed by atoms with Crippen LogP contribution in [0.3, 0.4) is 0 Å². The van der Waals surface area contributed by atoms with Gasteiger partial charge in [-0.3, -0.25) is 0 Å². The van der Waals surface area contributed by atoms with E-state index in [0.717, 1.165) is 28.2 Å². The van der Waals surface area contributed by atoms with E-state index in [1.807, 2.05) is 54.6 Å². The van der Waals surface area contributed by atoms with Crippen LogP contribution < -0.4 is 9.47 Å². The predicted molar refractivity (Wildman–Crippen MR) is 103 cm³/mol. The number of rotatable bonds is 5. The van der Waals surface area contributed by atoms with Gasteiger partial charge in [0.15, 0.2) is 0 Å². The first-order valence-corrected chi connectivity index (χ1v) is 8.61. The molecule has 3 aromatic rings. The van der Waals surface area contributed by atoms with E-state index < -0.39 is 0 Å². The van der Waals surface area contributed by atoms with E-state index in [9.17, 15) is 0 Å². The second kappa shape index (κ2) is 7.81. The summed E-state index contributed by atoms with van der Waals surface area (Å²) in [5.41, 5.74) is 3.02. The molecule has 0 radical (unpaired) electrons. The van der Waals surface area contributed by atoms with Crippen LogP contribution in [0.4, 0.5) is 0 Å². The standard InChI is InChI=1S/C21H18Cl2O2/c1-24-19-10-8-15(22)12-17(19)21(14-6-4-3-5-7-14)18-13-16(23)9-11-20(18)25-2/h3-13,21H,1-2H3. The molecule has 3 rings (SSSR count). The Morgan fingerprint density at radius 2 is 1.16 bits per heavy atom. The molecule has 0 aliphatic heterocycles. The van der Waals surface area contributed by atoms with Gasteiger partial charge in [-0.25, -0.2) is 0 Å². The molecule has 0 aliphatic carbocycles. The molecule has 0 amide bonds. The second-order valence-corrected chi connectivity index (χ2v) is 6.49. The van der Waals surface area contributed by atoms with Crippen LogP contribution in [-0.4, -0.2) is 14.2 Å². The van der Waals surface area contributed by atoms with Crippen molar-refractivity contribution in [3.63, 3.8) is 0 Å². The zero-order valence-corrected chi connectivity index (χ0v) is 15.5. The van der Waals surface area contributed by atoms with E-state index in [2.05, 4.69) is 12.1 Å². The zero-order valence-electron chi connectivity index (χ0n) is 14.0. The van der Waals surface area contributed by atoms with Crippen molar-refractivity contribution in [1.29, 1.82) is 0 Å². The summed E-state index contributed by atoms with van der Waals surface area (Å²) in [6, 6.07) is 21.4. The van der Waals surface area contributed by atoms with Crippen molar-refractivity contribution in [3.8, 4) is 11.5 Å². The van der Waals surface area contributed by atoms with E-state index in [1.54, 1.807) is 14.2 Å². The smallest absolute Gasteiger partial charge is 0.123 e. The summed E-state index contributed by atoms with van der Waals surface area (Å²) >= 11 is 12.6. The van der Waals surface area contributed by atoms with Crippen molar-refractivity contribution in [1.82, 2.24) is 0 Å². The first-order chi connectivity index (χ1) is 12.1. The molecule has 0 atom stereocenters. The zero-order chi connectivity index (χ0) is 17.8. The maximum Gasteiger partial charge on any atom is 0.123 e. The van der Waals surface area contributed by atoms with Gasteiger partial charge >= 0.3 is 0 Å². The Morgan fingerprint density at radius 3 is 1.60 bits per heavy atom. The lowest BCUT2D eigenvalue weighted by Crippen LogP contribution is -2.07. The second-order valence-electron chi connectivity index (χ2n) is 5.62. The fraction of sp³-hybridized carbons (Fsp3) is 0.143. The summed E-state index contributed by atoms with van der Waals surface area (Å²) in [5.74, 6) is 1.41. The van der Waals surface area contributed by atoms with E-state index in [4.69, 9.17) is 32.7 Å². The van der Waals surface area contributed by atoms with Crippen molar-refractivity contribution in [3.05, 3.63) is 93.5 Å². The maximum atomic E-state index is 6.28. The van der Waals surface area contributed by atoms with Crippen molar-refractivity contribution < 1.29 is 9.47 Å². The van der Waals surface area contributed by atoms with Crippen molar-refractivity contribution in [2.24, 2.45) is 0 Å². The van der Waals surface area contributed by atoms with Crippen LogP contribution in [0.15, 0.2) is 66.7 Å². The SMILES string of the molecule is COc1ccc(Cl)cc1C(c1ccccc1)c1cc(Cl)ccc1OC. The van der Waals surface area contributed by atoms with E-state index in [1.165, 1.54) is 0 Å². The van der Waals surface area contributed by atoms with Gasteiger partial charge in [0.1, 0.15) is 11.5 Å². The molecule has 0 fully saturated rings. The number of hydrogen-bond donors (Lipinski definition) is 0. The molecule has 0 saturated heterocycles. The molecule has 25 heavy (non-hydrogen) atoms. The summed E-state index contributed by atoms with van der Waals surface area (Å²) in [6.45, 7) is 0. The molecule has 0 aliphatic rings. The quantitative estimate of drug-likeness (QED) is 0.497. The lowest BCUT2D eigenvalue weighted by Gasteiger charge is -2.23. The molecule has 0 saturated carbocycles. The molecule has 0 bridgehead atoms. The van der Waals surface area contributed by atoms with Crippen LogP contribution in [0.25, 0.3) is 0 Å². The monoisotopic (exact) mass is 372 g/mol. The normalized spacial score (nSPS) is 10.8. The maximum absolute atomic E-state index is 6.28.